The number of ether oxygens (including phenoxy) is 1. The predicted octanol–water partition coefficient (Wildman–Crippen LogP) is 0.390. The molecule has 11 heteroatoms. The summed E-state index contributed by atoms with van der Waals surface area (Å²) >= 11 is 0. The lowest BCUT2D eigenvalue weighted by molar-refractivity contribution is -0.140. The number of hydrogen-bond acceptors (Lipinski definition) is 6. The summed E-state index contributed by atoms with van der Waals surface area (Å²) in [5.41, 5.74) is 0.776. The van der Waals surface area contributed by atoms with Gasteiger partial charge in [0.15, 0.2) is 0 Å². The van der Waals surface area contributed by atoms with E-state index in [1.54, 1.807) is 24.5 Å². The van der Waals surface area contributed by atoms with Gasteiger partial charge in [0, 0.05) is 25.5 Å². The molecule has 0 unspecified atom stereocenters. The summed E-state index contributed by atoms with van der Waals surface area (Å²) in [4.78, 5) is 27.8. The Labute approximate surface area is 173 Å². The van der Waals surface area contributed by atoms with Gasteiger partial charge in [-0.1, -0.05) is 0 Å². The number of nitrogens with one attached hydrogen (secondary N) is 2. The number of rotatable bonds is 6. The highest BCUT2D eigenvalue weighted by Crippen LogP contribution is 2.22. The van der Waals surface area contributed by atoms with Gasteiger partial charge in [-0.05, 0) is 48.4 Å². The van der Waals surface area contributed by atoms with Crippen molar-refractivity contribution in [2.45, 2.75) is 24.1 Å². The molecule has 3 rings (SSSR count). The number of carbonyl (C=O) groups excluding carboxylic acids is 2. The van der Waals surface area contributed by atoms with E-state index < -0.39 is 33.9 Å². The van der Waals surface area contributed by atoms with Crippen molar-refractivity contribution in [1.82, 2.24) is 19.9 Å². The smallest absolute Gasteiger partial charge is 0.309 e. The first-order valence-electron chi connectivity index (χ1n) is 9.22. The van der Waals surface area contributed by atoms with Crippen molar-refractivity contribution >= 4 is 21.8 Å². The molecule has 2 aromatic rings. The zero-order valence-electron chi connectivity index (χ0n) is 16.0. The third-order valence-electron chi connectivity index (χ3n) is 4.42. The molecular formula is C19H21FN4O5S. The Morgan fingerprint density at radius 3 is 2.47 bits per heavy atom. The largest absolute Gasteiger partial charge is 0.360 e. The van der Waals surface area contributed by atoms with Crippen LogP contribution in [-0.2, 0) is 30.9 Å². The number of hydrogen-bond donors (Lipinski definition) is 2. The van der Waals surface area contributed by atoms with E-state index in [0.29, 0.717) is 13.0 Å². The Bertz CT molecular complexity index is 986. The molecular weight excluding hydrogens is 415 g/mol. The van der Waals surface area contributed by atoms with E-state index in [-0.39, 0.29) is 24.5 Å². The number of nitrogens with zero attached hydrogens (tertiary/aromatic N) is 2. The number of halogens is 1. The molecule has 1 aliphatic heterocycles. The van der Waals surface area contributed by atoms with Crippen LogP contribution < -0.4 is 10.6 Å². The standard InChI is InChI=1S/C19H21FN4O5S/c20-15-2-4-16(5-3-15)30(27,28)24-10-1-11-29-17(24)13-23-19(26)18(25)22-12-14-6-8-21-9-7-14/h2-9,17H,1,10-13H2,(H,22,25)(H,23,26)/t17-/m1/s1. The van der Waals surface area contributed by atoms with Gasteiger partial charge >= 0.3 is 11.8 Å². The minimum absolute atomic E-state index is 0.0826. The van der Waals surface area contributed by atoms with Gasteiger partial charge in [-0.25, -0.2) is 12.8 Å². The molecule has 0 aliphatic carbocycles. The molecule has 1 fully saturated rings. The van der Waals surface area contributed by atoms with E-state index in [0.717, 1.165) is 22.0 Å². The number of aromatic nitrogens is 1. The Hall–Kier alpha value is -2.89. The Balaban J connectivity index is 1.59. The van der Waals surface area contributed by atoms with Crippen LogP contribution in [0.15, 0.2) is 53.7 Å². The molecule has 2 heterocycles. The minimum atomic E-state index is -3.96. The highest BCUT2D eigenvalue weighted by Gasteiger charge is 2.34. The maximum Gasteiger partial charge on any atom is 0.309 e. The molecule has 160 valence electrons. The lowest BCUT2D eigenvalue weighted by atomic mass is 10.3. The van der Waals surface area contributed by atoms with Crippen molar-refractivity contribution in [3.8, 4) is 0 Å². The van der Waals surface area contributed by atoms with Crippen LogP contribution in [0.1, 0.15) is 12.0 Å². The monoisotopic (exact) mass is 436 g/mol. The van der Waals surface area contributed by atoms with Crippen LogP contribution in [0.4, 0.5) is 4.39 Å². The molecule has 1 aromatic heterocycles. The maximum absolute atomic E-state index is 13.1. The summed E-state index contributed by atoms with van der Waals surface area (Å²) in [5, 5.41) is 4.87. The minimum Gasteiger partial charge on any atom is -0.360 e. The first-order valence-corrected chi connectivity index (χ1v) is 10.7. The van der Waals surface area contributed by atoms with Crippen LogP contribution in [0.5, 0.6) is 0 Å². The third kappa shape index (κ3) is 5.38. The second-order valence-corrected chi connectivity index (χ2v) is 8.39. The Kier molecular flexibility index (Phi) is 7.08. The van der Waals surface area contributed by atoms with E-state index in [9.17, 15) is 22.4 Å². The second kappa shape index (κ2) is 9.74. The highest BCUT2D eigenvalue weighted by atomic mass is 32.2. The summed E-state index contributed by atoms with van der Waals surface area (Å²) in [6.07, 6.45) is 2.62. The van der Waals surface area contributed by atoms with Crippen LogP contribution in [0.2, 0.25) is 0 Å². The van der Waals surface area contributed by atoms with Crippen molar-refractivity contribution in [3.05, 3.63) is 60.2 Å². The van der Waals surface area contributed by atoms with E-state index in [2.05, 4.69) is 15.6 Å². The first-order chi connectivity index (χ1) is 14.4. The summed E-state index contributed by atoms with van der Waals surface area (Å²) in [6.45, 7) is 0.431. The second-order valence-electron chi connectivity index (χ2n) is 6.50. The number of amides is 2. The Morgan fingerprint density at radius 1 is 1.10 bits per heavy atom. The average molecular weight is 436 g/mol. The van der Waals surface area contributed by atoms with Crippen LogP contribution in [0.25, 0.3) is 0 Å². The first kappa shape index (κ1) is 21.8. The predicted molar refractivity (Wildman–Crippen MR) is 104 cm³/mol. The molecule has 0 saturated carbocycles. The number of carbonyl (C=O) groups is 2. The third-order valence-corrected chi connectivity index (χ3v) is 6.32. The topological polar surface area (TPSA) is 118 Å². The summed E-state index contributed by atoms with van der Waals surface area (Å²) in [5.74, 6) is -2.31. The van der Waals surface area contributed by atoms with Gasteiger partial charge < -0.3 is 15.4 Å². The molecule has 0 radical (unpaired) electrons. The Morgan fingerprint density at radius 2 is 1.77 bits per heavy atom. The summed E-state index contributed by atoms with van der Waals surface area (Å²) in [7, 11) is -3.96. The van der Waals surface area contributed by atoms with E-state index >= 15 is 0 Å². The van der Waals surface area contributed by atoms with Crippen LogP contribution in [0, 0.1) is 5.82 Å². The molecule has 30 heavy (non-hydrogen) atoms. The normalized spacial score (nSPS) is 17.3. The molecule has 2 N–H and O–H groups in total. The highest BCUT2D eigenvalue weighted by molar-refractivity contribution is 7.89. The molecule has 2 amide bonds. The number of pyridine rings is 1. The summed E-state index contributed by atoms with van der Waals surface area (Å²) < 4.78 is 45.5. The van der Waals surface area contributed by atoms with Crippen LogP contribution >= 0.6 is 0 Å². The van der Waals surface area contributed by atoms with Crippen molar-refractivity contribution in [3.63, 3.8) is 0 Å². The van der Waals surface area contributed by atoms with Gasteiger partial charge in [-0.3, -0.25) is 14.6 Å². The van der Waals surface area contributed by atoms with E-state index in [1.807, 2.05) is 0 Å². The lowest BCUT2D eigenvalue weighted by Gasteiger charge is -2.34. The average Bonchev–Trinajstić information content (AvgIpc) is 2.77. The van der Waals surface area contributed by atoms with Crippen LogP contribution in [0.3, 0.4) is 0 Å². The van der Waals surface area contributed by atoms with Crippen molar-refractivity contribution in [1.29, 1.82) is 0 Å². The fourth-order valence-corrected chi connectivity index (χ4v) is 4.43. The number of sulfonamides is 1. The summed E-state index contributed by atoms with van der Waals surface area (Å²) in [6, 6.07) is 7.85. The van der Waals surface area contributed by atoms with Gasteiger partial charge in [0.25, 0.3) is 0 Å². The molecule has 1 atom stereocenters. The van der Waals surface area contributed by atoms with Crippen molar-refractivity contribution < 1.29 is 27.1 Å². The van der Waals surface area contributed by atoms with Gasteiger partial charge in [0.1, 0.15) is 12.0 Å². The van der Waals surface area contributed by atoms with Crippen molar-refractivity contribution in [2.24, 2.45) is 0 Å². The lowest BCUT2D eigenvalue weighted by Crippen LogP contribution is -2.53. The molecule has 0 bridgehead atoms. The quantitative estimate of drug-likeness (QED) is 0.633. The van der Waals surface area contributed by atoms with Gasteiger partial charge in [-0.15, -0.1) is 0 Å². The fourth-order valence-electron chi connectivity index (χ4n) is 2.87. The molecule has 1 aromatic carbocycles. The van der Waals surface area contributed by atoms with E-state index in [1.165, 1.54) is 12.1 Å². The zero-order chi connectivity index (χ0) is 21.6. The van der Waals surface area contributed by atoms with E-state index in [4.69, 9.17) is 4.74 Å². The molecule has 0 spiro atoms. The molecule has 1 aliphatic rings. The van der Waals surface area contributed by atoms with Gasteiger partial charge in [0.2, 0.25) is 10.0 Å². The number of benzene rings is 1. The molecule has 1 saturated heterocycles. The zero-order valence-corrected chi connectivity index (χ0v) is 16.8. The van der Waals surface area contributed by atoms with Gasteiger partial charge in [-0.2, -0.15) is 4.31 Å². The van der Waals surface area contributed by atoms with Gasteiger partial charge in [0.05, 0.1) is 18.0 Å². The maximum atomic E-state index is 13.1. The fraction of sp³-hybridized carbons (Fsp3) is 0.316. The SMILES string of the molecule is O=C(NCc1ccncc1)C(=O)NC[C@H]1OCCCN1S(=O)(=O)c1ccc(F)cc1. The van der Waals surface area contributed by atoms with Crippen LogP contribution in [-0.4, -0.2) is 55.4 Å². The van der Waals surface area contributed by atoms with Crippen molar-refractivity contribution in [2.75, 3.05) is 19.7 Å². The molecule has 9 nitrogen and oxygen atoms in total.